The molecule has 2 aromatic rings. The van der Waals surface area contributed by atoms with Gasteiger partial charge in [-0.25, -0.2) is 4.79 Å². The number of hydrogen-bond donors (Lipinski definition) is 1. The minimum Gasteiger partial charge on any atom is -0.313 e. The van der Waals surface area contributed by atoms with Gasteiger partial charge in [-0.3, -0.25) is 13.9 Å². The second-order valence-electron chi connectivity index (χ2n) is 4.95. The lowest BCUT2D eigenvalue weighted by molar-refractivity contribution is 0.0993. The Bertz CT molecular complexity index is 651. The molecule has 0 fully saturated rings. The standard InChI is InChI=1S/C15H19N3O2/c1-11(2)17-8-9-18(15(17)20)13-6-4-12(5-7-13)14(19)10-16-3/h4-9,11,16H,10H2,1-3H3. The molecule has 0 amide bonds. The number of likely N-dealkylation sites (N-methyl/N-ethyl adjacent to an activating group) is 1. The van der Waals surface area contributed by atoms with Gasteiger partial charge in [0.25, 0.3) is 0 Å². The Hall–Kier alpha value is -2.14. The molecule has 1 N–H and O–H groups in total. The third-order valence-electron chi connectivity index (χ3n) is 3.16. The van der Waals surface area contributed by atoms with Crippen LogP contribution in [0.3, 0.4) is 0 Å². The van der Waals surface area contributed by atoms with Crippen molar-refractivity contribution in [3.63, 3.8) is 0 Å². The summed E-state index contributed by atoms with van der Waals surface area (Å²) in [6.45, 7) is 4.24. The van der Waals surface area contributed by atoms with Crippen LogP contribution in [0.15, 0.2) is 41.5 Å². The first-order valence-electron chi connectivity index (χ1n) is 6.62. The highest BCUT2D eigenvalue weighted by Crippen LogP contribution is 2.09. The SMILES string of the molecule is CNCC(=O)c1ccc(-n2ccn(C(C)C)c2=O)cc1. The van der Waals surface area contributed by atoms with Gasteiger partial charge in [0.15, 0.2) is 5.78 Å². The van der Waals surface area contributed by atoms with Crippen LogP contribution in [0.2, 0.25) is 0 Å². The molecular weight excluding hydrogens is 254 g/mol. The van der Waals surface area contributed by atoms with Crippen molar-refractivity contribution in [2.24, 2.45) is 0 Å². The first-order chi connectivity index (χ1) is 9.54. The van der Waals surface area contributed by atoms with E-state index in [1.165, 1.54) is 0 Å². The van der Waals surface area contributed by atoms with Crippen LogP contribution < -0.4 is 11.0 Å². The Morgan fingerprint density at radius 2 is 1.85 bits per heavy atom. The van der Waals surface area contributed by atoms with Crippen molar-refractivity contribution in [2.75, 3.05) is 13.6 Å². The third kappa shape index (κ3) is 2.72. The highest BCUT2D eigenvalue weighted by atomic mass is 16.1. The monoisotopic (exact) mass is 273 g/mol. The molecule has 0 unspecified atom stereocenters. The number of nitrogens with one attached hydrogen (secondary N) is 1. The van der Waals surface area contributed by atoms with E-state index < -0.39 is 0 Å². The number of aromatic nitrogens is 2. The number of benzene rings is 1. The fourth-order valence-corrected chi connectivity index (χ4v) is 2.05. The maximum Gasteiger partial charge on any atom is 0.332 e. The zero-order valence-corrected chi connectivity index (χ0v) is 12.0. The van der Waals surface area contributed by atoms with Crippen molar-refractivity contribution < 1.29 is 4.79 Å². The average molecular weight is 273 g/mol. The largest absolute Gasteiger partial charge is 0.332 e. The molecule has 0 aliphatic carbocycles. The summed E-state index contributed by atoms with van der Waals surface area (Å²) < 4.78 is 3.24. The van der Waals surface area contributed by atoms with E-state index in [4.69, 9.17) is 0 Å². The molecular formula is C15H19N3O2. The molecule has 0 aliphatic rings. The maximum atomic E-state index is 12.2. The lowest BCUT2D eigenvalue weighted by Crippen LogP contribution is -2.24. The Morgan fingerprint density at radius 1 is 1.20 bits per heavy atom. The van der Waals surface area contributed by atoms with Gasteiger partial charge in [-0.2, -0.15) is 0 Å². The Balaban J connectivity index is 2.31. The summed E-state index contributed by atoms with van der Waals surface area (Å²) in [7, 11) is 1.74. The second kappa shape index (κ2) is 5.88. The van der Waals surface area contributed by atoms with E-state index in [0.717, 1.165) is 5.69 Å². The van der Waals surface area contributed by atoms with E-state index in [1.54, 1.807) is 52.8 Å². The van der Waals surface area contributed by atoms with Crippen molar-refractivity contribution in [3.8, 4) is 5.69 Å². The van der Waals surface area contributed by atoms with Gasteiger partial charge < -0.3 is 5.32 Å². The molecule has 5 nitrogen and oxygen atoms in total. The molecule has 1 heterocycles. The normalized spacial score (nSPS) is 11.0. The fourth-order valence-electron chi connectivity index (χ4n) is 2.05. The number of Topliss-reactive ketones (excluding diaryl/α,β-unsaturated/α-hetero) is 1. The first-order valence-corrected chi connectivity index (χ1v) is 6.62. The number of nitrogens with zero attached hydrogens (tertiary/aromatic N) is 2. The van der Waals surface area contributed by atoms with Crippen LogP contribution in [0.1, 0.15) is 30.2 Å². The lowest BCUT2D eigenvalue weighted by atomic mass is 10.1. The molecule has 20 heavy (non-hydrogen) atoms. The molecule has 0 spiro atoms. The summed E-state index contributed by atoms with van der Waals surface area (Å²) in [4.78, 5) is 23.9. The van der Waals surface area contributed by atoms with Crippen LogP contribution in [0, 0.1) is 0 Å². The summed E-state index contributed by atoms with van der Waals surface area (Å²) in [5, 5.41) is 2.83. The maximum absolute atomic E-state index is 12.2. The molecule has 0 bridgehead atoms. The van der Waals surface area contributed by atoms with Gasteiger partial charge in [0.2, 0.25) is 0 Å². The van der Waals surface area contributed by atoms with Crippen LogP contribution in [-0.4, -0.2) is 28.5 Å². The van der Waals surface area contributed by atoms with Gasteiger partial charge in [0.1, 0.15) is 0 Å². The molecule has 5 heteroatoms. The van der Waals surface area contributed by atoms with Gasteiger partial charge in [0.05, 0.1) is 12.2 Å². The summed E-state index contributed by atoms with van der Waals surface area (Å²) >= 11 is 0. The van der Waals surface area contributed by atoms with Crippen LogP contribution >= 0.6 is 0 Å². The van der Waals surface area contributed by atoms with Crippen LogP contribution in [0.5, 0.6) is 0 Å². The zero-order valence-electron chi connectivity index (χ0n) is 12.0. The van der Waals surface area contributed by atoms with Gasteiger partial charge in [-0.1, -0.05) is 0 Å². The molecule has 1 aromatic heterocycles. The third-order valence-corrected chi connectivity index (χ3v) is 3.16. The number of rotatable bonds is 5. The Morgan fingerprint density at radius 3 is 2.35 bits per heavy atom. The summed E-state index contributed by atoms with van der Waals surface area (Å²) in [5.74, 6) is 0.0335. The smallest absolute Gasteiger partial charge is 0.313 e. The topological polar surface area (TPSA) is 56.0 Å². The zero-order chi connectivity index (χ0) is 14.7. The Labute approximate surface area is 117 Å². The second-order valence-corrected chi connectivity index (χ2v) is 4.95. The van der Waals surface area contributed by atoms with E-state index in [2.05, 4.69) is 5.32 Å². The number of carbonyl (C=O) groups is 1. The van der Waals surface area contributed by atoms with Gasteiger partial charge >= 0.3 is 5.69 Å². The predicted octanol–water partition coefficient (Wildman–Crippen LogP) is 1.62. The summed E-state index contributed by atoms with van der Waals surface area (Å²) in [5.41, 5.74) is 1.32. The van der Waals surface area contributed by atoms with Gasteiger partial charge in [-0.15, -0.1) is 0 Å². The summed E-state index contributed by atoms with van der Waals surface area (Å²) in [6.07, 6.45) is 3.51. The van der Waals surface area contributed by atoms with Crippen LogP contribution in [-0.2, 0) is 0 Å². The molecule has 1 aromatic carbocycles. The minimum atomic E-state index is -0.0747. The van der Waals surface area contributed by atoms with Crippen molar-refractivity contribution in [3.05, 3.63) is 52.7 Å². The Kier molecular flexibility index (Phi) is 4.20. The van der Waals surface area contributed by atoms with E-state index >= 15 is 0 Å². The van der Waals surface area contributed by atoms with Crippen molar-refractivity contribution in [1.82, 2.24) is 14.5 Å². The van der Waals surface area contributed by atoms with Crippen molar-refractivity contribution in [1.29, 1.82) is 0 Å². The minimum absolute atomic E-state index is 0.0335. The summed E-state index contributed by atoms with van der Waals surface area (Å²) in [6, 6.07) is 7.19. The quantitative estimate of drug-likeness (QED) is 0.842. The van der Waals surface area contributed by atoms with Crippen LogP contribution in [0.25, 0.3) is 5.69 Å². The van der Waals surface area contributed by atoms with E-state index in [1.807, 2.05) is 13.8 Å². The van der Waals surface area contributed by atoms with E-state index in [-0.39, 0.29) is 17.5 Å². The fraction of sp³-hybridized carbons (Fsp3) is 0.333. The first kappa shape index (κ1) is 14.3. The van der Waals surface area contributed by atoms with Crippen LogP contribution in [0.4, 0.5) is 0 Å². The molecule has 0 saturated heterocycles. The van der Waals surface area contributed by atoms with Crippen molar-refractivity contribution in [2.45, 2.75) is 19.9 Å². The molecule has 0 radical (unpaired) electrons. The molecule has 106 valence electrons. The average Bonchev–Trinajstić information content (AvgIpc) is 2.81. The number of ketones is 1. The number of hydrogen-bond acceptors (Lipinski definition) is 3. The number of carbonyl (C=O) groups excluding carboxylic acids is 1. The van der Waals surface area contributed by atoms with E-state index in [0.29, 0.717) is 12.1 Å². The highest BCUT2D eigenvalue weighted by molar-refractivity contribution is 5.97. The predicted molar refractivity (Wildman–Crippen MR) is 78.7 cm³/mol. The molecule has 0 saturated carbocycles. The highest BCUT2D eigenvalue weighted by Gasteiger charge is 2.09. The van der Waals surface area contributed by atoms with E-state index in [9.17, 15) is 9.59 Å². The van der Waals surface area contributed by atoms with Gasteiger partial charge in [0, 0.05) is 24.0 Å². The number of imidazole rings is 1. The van der Waals surface area contributed by atoms with Crippen molar-refractivity contribution >= 4 is 5.78 Å². The molecule has 0 atom stereocenters. The molecule has 0 aliphatic heterocycles. The molecule has 2 rings (SSSR count). The lowest BCUT2D eigenvalue weighted by Gasteiger charge is -2.06. The van der Waals surface area contributed by atoms with Gasteiger partial charge in [-0.05, 0) is 45.2 Å².